The molecule has 0 aliphatic carbocycles. The Balaban J connectivity index is 1.91. The first-order valence-corrected chi connectivity index (χ1v) is 7.41. The molecule has 2 heterocycles. The minimum Gasteiger partial charge on any atom is -0.436 e. The normalized spacial score (nSPS) is 11.4. The van der Waals surface area contributed by atoms with Gasteiger partial charge in [0.1, 0.15) is 5.52 Å². The third-order valence-corrected chi connectivity index (χ3v) is 3.94. The van der Waals surface area contributed by atoms with Crippen molar-refractivity contribution < 1.29 is 14.4 Å². The molecule has 0 saturated carbocycles. The molecule has 1 N–H and O–H groups in total. The van der Waals surface area contributed by atoms with Crippen molar-refractivity contribution in [2.45, 2.75) is 6.54 Å². The van der Waals surface area contributed by atoms with Crippen LogP contribution in [0.15, 0.2) is 53.1 Å². The van der Waals surface area contributed by atoms with Gasteiger partial charge in [0.15, 0.2) is 5.58 Å². The molecule has 7 nitrogen and oxygen atoms in total. The van der Waals surface area contributed by atoms with Crippen LogP contribution in [0.4, 0.5) is 5.69 Å². The maximum atomic E-state index is 10.9. The van der Waals surface area contributed by atoms with Gasteiger partial charge in [-0.15, -0.1) is 0 Å². The molecule has 4 rings (SSSR count). The quantitative estimate of drug-likeness (QED) is 0.459. The van der Waals surface area contributed by atoms with Gasteiger partial charge in [0.05, 0.1) is 23.2 Å². The van der Waals surface area contributed by atoms with Crippen LogP contribution in [0.25, 0.3) is 33.5 Å². The molecule has 0 fully saturated rings. The van der Waals surface area contributed by atoms with Gasteiger partial charge >= 0.3 is 0 Å². The number of hydrogen-bond donors (Lipinski definition) is 1. The van der Waals surface area contributed by atoms with E-state index in [2.05, 4.69) is 4.98 Å². The highest BCUT2D eigenvalue weighted by atomic mass is 16.6. The Morgan fingerprint density at radius 3 is 2.88 bits per heavy atom. The number of rotatable bonds is 4. The smallest absolute Gasteiger partial charge is 0.273 e. The fraction of sp³-hybridized carbons (Fsp3) is 0.118. The summed E-state index contributed by atoms with van der Waals surface area (Å²) in [6.07, 6.45) is 1.88. The lowest BCUT2D eigenvalue weighted by molar-refractivity contribution is -0.384. The number of aliphatic hydroxyl groups is 1. The molecule has 0 saturated heterocycles. The summed E-state index contributed by atoms with van der Waals surface area (Å²) in [4.78, 5) is 14.9. The number of nitrogens with zero attached hydrogens (tertiary/aromatic N) is 3. The molecule has 7 heteroatoms. The van der Waals surface area contributed by atoms with Crippen LogP contribution in [0.5, 0.6) is 0 Å². The fourth-order valence-corrected chi connectivity index (χ4v) is 2.85. The number of aliphatic hydroxyl groups excluding tert-OH is 1. The largest absolute Gasteiger partial charge is 0.436 e. The molecule has 0 unspecified atom stereocenters. The third kappa shape index (κ3) is 2.22. The van der Waals surface area contributed by atoms with Crippen LogP contribution in [0.3, 0.4) is 0 Å². The first-order chi connectivity index (χ1) is 11.7. The molecular formula is C17H13N3O4. The van der Waals surface area contributed by atoms with E-state index in [1.54, 1.807) is 6.07 Å². The van der Waals surface area contributed by atoms with Gasteiger partial charge < -0.3 is 14.1 Å². The molecule has 0 aliphatic rings. The van der Waals surface area contributed by atoms with E-state index in [0.29, 0.717) is 23.5 Å². The number of benzene rings is 2. The summed E-state index contributed by atoms with van der Waals surface area (Å²) in [6, 6.07) is 12.1. The van der Waals surface area contributed by atoms with Gasteiger partial charge in [-0.25, -0.2) is 4.98 Å². The Hall–Kier alpha value is -3.19. The van der Waals surface area contributed by atoms with Crippen molar-refractivity contribution in [2.24, 2.45) is 0 Å². The maximum Gasteiger partial charge on any atom is 0.273 e. The summed E-state index contributed by atoms with van der Waals surface area (Å²) < 4.78 is 7.69. The van der Waals surface area contributed by atoms with E-state index in [1.165, 1.54) is 12.1 Å². The Bertz CT molecular complexity index is 1060. The second-order valence-corrected chi connectivity index (χ2v) is 5.41. The topological polar surface area (TPSA) is 94.3 Å². The second kappa shape index (κ2) is 5.47. The highest BCUT2D eigenvalue weighted by molar-refractivity contribution is 5.95. The van der Waals surface area contributed by atoms with E-state index in [9.17, 15) is 15.2 Å². The highest BCUT2D eigenvalue weighted by Crippen LogP contribution is 2.33. The zero-order valence-electron chi connectivity index (χ0n) is 12.5. The summed E-state index contributed by atoms with van der Waals surface area (Å²) in [7, 11) is 0. The minimum atomic E-state index is -0.464. The zero-order chi connectivity index (χ0) is 16.7. The maximum absolute atomic E-state index is 10.9. The Kier molecular flexibility index (Phi) is 3.28. The van der Waals surface area contributed by atoms with Gasteiger partial charge in [0.25, 0.3) is 5.69 Å². The molecule has 0 radical (unpaired) electrons. The minimum absolute atomic E-state index is 0.0257. The number of hydrogen-bond acceptors (Lipinski definition) is 5. The SMILES string of the molecule is O=[N+]([O-])c1ccc2nc(-c3cn(CCO)c4ccccc34)oc2c1. The van der Waals surface area contributed by atoms with Crippen molar-refractivity contribution in [3.63, 3.8) is 0 Å². The molecule has 2 aromatic heterocycles. The number of oxazole rings is 1. The van der Waals surface area contributed by atoms with Crippen LogP contribution in [0, 0.1) is 10.1 Å². The lowest BCUT2D eigenvalue weighted by atomic mass is 10.2. The summed E-state index contributed by atoms with van der Waals surface area (Å²) in [6.45, 7) is 0.490. The molecule has 120 valence electrons. The van der Waals surface area contributed by atoms with Crippen molar-refractivity contribution in [1.82, 2.24) is 9.55 Å². The van der Waals surface area contributed by atoms with Crippen molar-refractivity contribution in [2.75, 3.05) is 6.61 Å². The predicted molar refractivity (Wildman–Crippen MR) is 88.7 cm³/mol. The molecule has 0 amide bonds. The number of para-hydroxylation sites is 1. The summed E-state index contributed by atoms with van der Waals surface area (Å²) in [5.74, 6) is 0.401. The van der Waals surface area contributed by atoms with Gasteiger partial charge in [-0.3, -0.25) is 10.1 Å². The zero-order valence-corrected chi connectivity index (χ0v) is 12.5. The number of nitro groups is 1. The lowest BCUT2D eigenvalue weighted by Gasteiger charge is -2.00. The molecule has 0 spiro atoms. The third-order valence-electron chi connectivity index (χ3n) is 3.94. The fourth-order valence-electron chi connectivity index (χ4n) is 2.85. The van der Waals surface area contributed by atoms with E-state index in [0.717, 1.165) is 16.5 Å². The van der Waals surface area contributed by atoms with E-state index in [4.69, 9.17) is 4.42 Å². The summed E-state index contributed by atoms with van der Waals surface area (Å²) >= 11 is 0. The molecule has 4 aromatic rings. The highest BCUT2D eigenvalue weighted by Gasteiger charge is 2.17. The van der Waals surface area contributed by atoms with Crippen LogP contribution in [0.1, 0.15) is 0 Å². The number of non-ortho nitro benzene ring substituents is 1. The number of fused-ring (bicyclic) bond motifs is 2. The van der Waals surface area contributed by atoms with Crippen LogP contribution >= 0.6 is 0 Å². The number of nitro benzene ring substituents is 1. The van der Waals surface area contributed by atoms with E-state index >= 15 is 0 Å². The molecule has 24 heavy (non-hydrogen) atoms. The average molecular weight is 323 g/mol. The van der Waals surface area contributed by atoms with Gasteiger partial charge in [0.2, 0.25) is 5.89 Å². The van der Waals surface area contributed by atoms with Gasteiger partial charge in [-0.05, 0) is 12.1 Å². The molecule has 0 aliphatic heterocycles. The van der Waals surface area contributed by atoms with E-state index in [-0.39, 0.29) is 12.3 Å². The average Bonchev–Trinajstić information content (AvgIpc) is 3.16. The monoisotopic (exact) mass is 323 g/mol. The van der Waals surface area contributed by atoms with Crippen molar-refractivity contribution >= 4 is 27.7 Å². The summed E-state index contributed by atoms with van der Waals surface area (Å²) in [5.41, 5.74) is 2.66. The van der Waals surface area contributed by atoms with Gasteiger partial charge in [-0.1, -0.05) is 18.2 Å². The Labute approximate surface area is 135 Å². The van der Waals surface area contributed by atoms with Crippen LogP contribution in [-0.2, 0) is 6.54 Å². The molecule has 2 aromatic carbocycles. The second-order valence-electron chi connectivity index (χ2n) is 5.41. The van der Waals surface area contributed by atoms with E-state index in [1.807, 2.05) is 35.0 Å². The van der Waals surface area contributed by atoms with Crippen molar-refractivity contribution in [3.8, 4) is 11.5 Å². The Morgan fingerprint density at radius 2 is 2.08 bits per heavy atom. The van der Waals surface area contributed by atoms with Crippen LogP contribution < -0.4 is 0 Å². The number of aromatic nitrogens is 2. The van der Waals surface area contributed by atoms with Crippen LogP contribution in [0.2, 0.25) is 0 Å². The van der Waals surface area contributed by atoms with Gasteiger partial charge in [0, 0.05) is 29.7 Å². The molecular weight excluding hydrogens is 310 g/mol. The van der Waals surface area contributed by atoms with Crippen molar-refractivity contribution in [3.05, 3.63) is 58.8 Å². The first-order valence-electron chi connectivity index (χ1n) is 7.41. The molecule has 0 bridgehead atoms. The van der Waals surface area contributed by atoms with E-state index < -0.39 is 4.92 Å². The lowest BCUT2D eigenvalue weighted by Crippen LogP contribution is -1.99. The molecule has 0 atom stereocenters. The Morgan fingerprint density at radius 1 is 1.25 bits per heavy atom. The van der Waals surface area contributed by atoms with Crippen molar-refractivity contribution in [1.29, 1.82) is 0 Å². The first kappa shape index (κ1) is 14.4. The summed E-state index contributed by atoms with van der Waals surface area (Å²) in [5, 5.41) is 21.1. The van der Waals surface area contributed by atoms with Gasteiger partial charge in [-0.2, -0.15) is 0 Å². The standard InChI is InChI=1S/C17H13N3O4/c21-8-7-19-10-13(12-3-1-2-4-15(12)19)17-18-14-6-5-11(20(22)23)9-16(14)24-17/h1-6,9-10,21H,7-8H2. The predicted octanol–water partition coefficient (Wildman–Crippen LogP) is 3.35. The van der Waals surface area contributed by atoms with Crippen LogP contribution in [-0.4, -0.2) is 26.2 Å².